The van der Waals surface area contributed by atoms with Crippen molar-refractivity contribution in [2.24, 2.45) is 17.3 Å². The van der Waals surface area contributed by atoms with Crippen LogP contribution < -0.4 is 5.32 Å². The molecule has 2 atom stereocenters. The number of hydrogen-bond donors (Lipinski definition) is 1. The number of carbonyl (C=O) groups is 2. The van der Waals surface area contributed by atoms with E-state index < -0.39 is 0 Å². The van der Waals surface area contributed by atoms with Crippen LogP contribution in [0.4, 0.5) is 0 Å². The van der Waals surface area contributed by atoms with Gasteiger partial charge >= 0.3 is 0 Å². The summed E-state index contributed by atoms with van der Waals surface area (Å²) in [6.45, 7) is 3.35. The molecule has 0 radical (unpaired) electrons. The fourth-order valence-corrected chi connectivity index (χ4v) is 4.68. The van der Waals surface area contributed by atoms with Gasteiger partial charge in [-0.2, -0.15) is 0 Å². The standard InChI is InChI=1S/C17H29N3O2/c1-19(2)15(21)13-6-9-20(10-7-13)16(22)17-8-4-3-5-14(17)11-18-12-17/h13-14,18H,3-12H2,1-2H3/t14-,17+/m0/s1. The van der Waals surface area contributed by atoms with E-state index >= 15 is 0 Å². The number of nitrogens with zero attached hydrogens (tertiary/aromatic N) is 2. The van der Waals surface area contributed by atoms with Gasteiger partial charge in [0.1, 0.15) is 0 Å². The minimum absolute atomic E-state index is 0.0976. The van der Waals surface area contributed by atoms with Gasteiger partial charge in [0.15, 0.2) is 0 Å². The van der Waals surface area contributed by atoms with Gasteiger partial charge in [-0.05, 0) is 38.1 Å². The summed E-state index contributed by atoms with van der Waals surface area (Å²) in [4.78, 5) is 29.0. The summed E-state index contributed by atoms with van der Waals surface area (Å²) in [5.74, 6) is 1.19. The van der Waals surface area contributed by atoms with E-state index in [-0.39, 0.29) is 17.2 Å². The van der Waals surface area contributed by atoms with Crippen LogP contribution in [0.1, 0.15) is 38.5 Å². The van der Waals surface area contributed by atoms with E-state index in [1.165, 1.54) is 19.3 Å². The third-order valence-electron chi connectivity index (χ3n) is 6.04. The van der Waals surface area contributed by atoms with Gasteiger partial charge < -0.3 is 15.1 Å². The zero-order valence-electron chi connectivity index (χ0n) is 13.9. The fourth-order valence-electron chi connectivity index (χ4n) is 4.68. The Hall–Kier alpha value is -1.10. The highest BCUT2D eigenvalue weighted by Gasteiger charge is 2.51. The van der Waals surface area contributed by atoms with Crippen molar-refractivity contribution < 1.29 is 9.59 Å². The number of piperidine rings is 1. The first kappa shape index (κ1) is 15.8. The van der Waals surface area contributed by atoms with Gasteiger partial charge in [-0.3, -0.25) is 9.59 Å². The lowest BCUT2D eigenvalue weighted by Crippen LogP contribution is -2.52. The first-order valence-corrected chi connectivity index (χ1v) is 8.76. The molecule has 0 aromatic rings. The summed E-state index contributed by atoms with van der Waals surface area (Å²) in [5, 5.41) is 3.46. The summed E-state index contributed by atoms with van der Waals surface area (Å²) in [7, 11) is 3.63. The minimum Gasteiger partial charge on any atom is -0.349 e. The average Bonchev–Trinajstić information content (AvgIpc) is 2.98. The number of likely N-dealkylation sites (tertiary alicyclic amines) is 1. The smallest absolute Gasteiger partial charge is 0.230 e. The quantitative estimate of drug-likeness (QED) is 0.831. The van der Waals surface area contributed by atoms with Gasteiger partial charge in [-0.25, -0.2) is 0 Å². The van der Waals surface area contributed by atoms with Crippen LogP contribution in [0.3, 0.4) is 0 Å². The molecule has 2 aliphatic heterocycles. The predicted octanol–water partition coefficient (Wildman–Crippen LogP) is 1.09. The molecule has 0 bridgehead atoms. The first-order valence-electron chi connectivity index (χ1n) is 8.76. The maximum absolute atomic E-state index is 13.2. The van der Waals surface area contributed by atoms with E-state index in [1.54, 1.807) is 4.90 Å². The Balaban J connectivity index is 1.63. The van der Waals surface area contributed by atoms with Crippen molar-refractivity contribution in [1.82, 2.24) is 15.1 Å². The Bertz CT molecular complexity index is 443. The second-order valence-corrected chi connectivity index (χ2v) is 7.53. The Morgan fingerprint density at radius 3 is 2.55 bits per heavy atom. The van der Waals surface area contributed by atoms with Crippen LogP contribution in [-0.4, -0.2) is 61.9 Å². The molecular weight excluding hydrogens is 278 g/mol. The maximum Gasteiger partial charge on any atom is 0.230 e. The van der Waals surface area contributed by atoms with E-state index in [0.29, 0.717) is 11.8 Å². The molecule has 0 aromatic heterocycles. The Morgan fingerprint density at radius 2 is 1.86 bits per heavy atom. The van der Waals surface area contributed by atoms with E-state index in [2.05, 4.69) is 5.32 Å². The molecular formula is C17H29N3O2. The van der Waals surface area contributed by atoms with Crippen molar-refractivity contribution >= 4 is 11.8 Å². The van der Waals surface area contributed by atoms with Crippen molar-refractivity contribution in [3.05, 3.63) is 0 Å². The lowest BCUT2D eigenvalue weighted by molar-refractivity contribution is -0.149. The number of amides is 2. The second kappa shape index (κ2) is 6.19. The number of hydrogen-bond acceptors (Lipinski definition) is 3. The summed E-state index contributed by atoms with van der Waals surface area (Å²) in [6.07, 6.45) is 6.31. The molecule has 3 fully saturated rings. The molecule has 124 valence electrons. The first-order chi connectivity index (χ1) is 10.5. The largest absolute Gasteiger partial charge is 0.349 e. The van der Waals surface area contributed by atoms with Gasteiger partial charge in [-0.15, -0.1) is 0 Å². The van der Waals surface area contributed by atoms with Crippen molar-refractivity contribution in [3.63, 3.8) is 0 Å². The van der Waals surface area contributed by atoms with Gasteiger partial charge in [0, 0.05) is 39.6 Å². The third kappa shape index (κ3) is 2.64. The number of carbonyl (C=O) groups excluding carboxylic acids is 2. The molecule has 0 unspecified atom stereocenters. The topological polar surface area (TPSA) is 52.7 Å². The van der Waals surface area contributed by atoms with Gasteiger partial charge in [0.25, 0.3) is 0 Å². The van der Waals surface area contributed by atoms with Crippen LogP contribution in [0, 0.1) is 17.3 Å². The van der Waals surface area contributed by atoms with Gasteiger partial charge in [-0.1, -0.05) is 12.8 Å². The van der Waals surface area contributed by atoms with Crippen molar-refractivity contribution in [3.8, 4) is 0 Å². The molecule has 1 aliphatic carbocycles. The monoisotopic (exact) mass is 307 g/mol. The molecule has 22 heavy (non-hydrogen) atoms. The minimum atomic E-state index is -0.142. The Kier molecular flexibility index (Phi) is 4.44. The van der Waals surface area contributed by atoms with Crippen molar-refractivity contribution in [1.29, 1.82) is 0 Å². The molecule has 5 nitrogen and oxygen atoms in total. The van der Waals surface area contributed by atoms with E-state index in [4.69, 9.17) is 0 Å². The zero-order valence-corrected chi connectivity index (χ0v) is 13.9. The summed E-state index contributed by atoms with van der Waals surface area (Å²) >= 11 is 0. The molecule has 1 saturated carbocycles. The Labute approximate surface area is 133 Å². The molecule has 2 amide bonds. The number of nitrogens with one attached hydrogen (secondary N) is 1. The van der Waals surface area contributed by atoms with E-state index in [1.807, 2.05) is 19.0 Å². The van der Waals surface area contributed by atoms with Gasteiger partial charge in [0.2, 0.25) is 11.8 Å². The Morgan fingerprint density at radius 1 is 1.14 bits per heavy atom. The molecule has 3 rings (SSSR count). The molecule has 5 heteroatoms. The van der Waals surface area contributed by atoms with Crippen molar-refractivity contribution in [2.75, 3.05) is 40.3 Å². The number of rotatable bonds is 2. The molecule has 1 N–H and O–H groups in total. The zero-order chi connectivity index (χ0) is 15.7. The lowest BCUT2D eigenvalue weighted by atomic mass is 9.67. The van der Waals surface area contributed by atoms with Crippen LogP contribution in [0.15, 0.2) is 0 Å². The highest BCUT2D eigenvalue weighted by atomic mass is 16.2. The molecule has 2 saturated heterocycles. The molecule has 0 spiro atoms. The lowest BCUT2D eigenvalue weighted by Gasteiger charge is -2.43. The summed E-state index contributed by atoms with van der Waals surface area (Å²) < 4.78 is 0. The van der Waals surface area contributed by atoms with Crippen LogP contribution in [-0.2, 0) is 9.59 Å². The van der Waals surface area contributed by atoms with Crippen molar-refractivity contribution in [2.45, 2.75) is 38.5 Å². The van der Waals surface area contributed by atoms with Crippen LogP contribution in [0.2, 0.25) is 0 Å². The van der Waals surface area contributed by atoms with Crippen LogP contribution >= 0.6 is 0 Å². The SMILES string of the molecule is CN(C)C(=O)C1CCN(C(=O)[C@@]23CCCC[C@H]2CNC3)CC1. The number of fused-ring (bicyclic) bond motifs is 1. The molecule has 2 heterocycles. The second-order valence-electron chi connectivity index (χ2n) is 7.53. The predicted molar refractivity (Wildman–Crippen MR) is 85.3 cm³/mol. The maximum atomic E-state index is 13.2. The van der Waals surface area contributed by atoms with Crippen LogP contribution in [0.5, 0.6) is 0 Å². The summed E-state index contributed by atoms with van der Waals surface area (Å²) in [5.41, 5.74) is -0.142. The summed E-state index contributed by atoms with van der Waals surface area (Å²) in [6, 6.07) is 0. The van der Waals surface area contributed by atoms with Crippen LogP contribution in [0.25, 0.3) is 0 Å². The molecule has 3 aliphatic rings. The highest BCUT2D eigenvalue weighted by Crippen LogP contribution is 2.45. The fraction of sp³-hybridized carbons (Fsp3) is 0.882. The third-order valence-corrected chi connectivity index (χ3v) is 6.04. The molecule has 0 aromatic carbocycles. The average molecular weight is 307 g/mol. The van der Waals surface area contributed by atoms with E-state index in [9.17, 15) is 9.59 Å². The normalized spacial score (nSPS) is 32.6. The van der Waals surface area contributed by atoms with Gasteiger partial charge in [0.05, 0.1) is 5.41 Å². The highest BCUT2D eigenvalue weighted by molar-refractivity contribution is 5.84. The van der Waals surface area contributed by atoms with E-state index in [0.717, 1.165) is 45.4 Å².